The van der Waals surface area contributed by atoms with Gasteiger partial charge in [0.2, 0.25) is 11.8 Å². The quantitative estimate of drug-likeness (QED) is 0.607. The van der Waals surface area contributed by atoms with Gasteiger partial charge in [-0.3, -0.25) is 15.0 Å². The van der Waals surface area contributed by atoms with Crippen LogP contribution >= 0.6 is 0 Å². The van der Waals surface area contributed by atoms with E-state index in [2.05, 4.69) is 35.9 Å². The van der Waals surface area contributed by atoms with Crippen LogP contribution in [0, 0.1) is 0 Å². The molecule has 0 saturated carbocycles. The van der Waals surface area contributed by atoms with Gasteiger partial charge in [0.25, 0.3) is 0 Å². The van der Waals surface area contributed by atoms with Gasteiger partial charge < -0.3 is 15.2 Å². The first kappa shape index (κ1) is 30.6. The fourth-order valence-electron chi connectivity index (χ4n) is 2.89. The van der Waals surface area contributed by atoms with Crippen LogP contribution in [0.5, 0.6) is 0 Å². The topological polar surface area (TPSA) is 98.7 Å². The van der Waals surface area contributed by atoms with Crippen LogP contribution in [0.3, 0.4) is 0 Å². The molecule has 0 atom stereocenters. The maximum Gasteiger partial charge on any atom is 0.328 e. The number of hydrogen-bond donors (Lipinski definition) is 3. The highest BCUT2D eigenvalue weighted by molar-refractivity contribution is 6.05. The number of piperidine rings is 1. The van der Waals surface area contributed by atoms with E-state index in [1.54, 1.807) is 4.90 Å². The number of urea groups is 1. The van der Waals surface area contributed by atoms with Gasteiger partial charge in [0.05, 0.1) is 0 Å². The van der Waals surface area contributed by atoms with Crippen molar-refractivity contribution in [2.75, 3.05) is 24.5 Å². The second-order valence-corrected chi connectivity index (χ2v) is 6.78. The molecule has 3 amide bonds. The summed E-state index contributed by atoms with van der Waals surface area (Å²) >= 11 is 0. The van der Waals surface area contributed by atoms with Crippen LogP contribution in [-0.2, 0) is 9.59 Å². The average Bonchev–Trinajstić information content (AvgIpc) is 2.78. The smallest absolute Gasteiger partial charge is 0.328 e. The highest BCUT2D eigenvalue weighted by Gasteiger charge is 2.24. The summed E-state index contributed by atoms with van der Waals surface area (Å²) in [6.45, 7) is 16.8. The molecule has 3 rings (SSSR count). The van der Waals surface area contributed by atoms with Crippen LogP contribution in [0.2, 0.25) is 0 Å². The predicted molar refractivity (Wildman–Crippen MR) is 124 cm³/mol. The Morgan fingerprint density at radius 2 is 1.52 bits per heavy atom. The van der Waals surface area contributed by atoms with Gasteiger partial charge in [-0.2, -0.15) is 0 Å². The van der Waals surface area contributed by atoms with Crippen LogP contribution in [0.15, 0.2) is 37.4 Å². The zero-order valence-electron chi connectivity index (χ0n) is 19.2. The third-order valence-corrected chi connectivity index (χ3v) is 4.07. The highest BCUT2D eigenvalue weighted by atomic mass is 19.2. The summed E-state index contributed by atoms with van der Waals surface area (Å²) in [5.74, 6) is -1.58. The number of carbonyl (C=O) groups excluding carboxylic acids is 3. The average molecular weight is 440 g/mol. The van der Waals surface area contributed by atoms with Gasteiger partial charge >= 0.3 is 6.03 Å². The Bertz CT molecular complexity index is 619. The maximum atomic E-state index is 11.8. The van der Waals surface area contributed by atoms with Gasteiger partial charge in [0.15, 0.2) is 0 Å². The van der Waals surface area contributed by atoms with Crippen LogP contribution in [0.25, 0.3) is 0 Å². The van der Waals surface area contributed by atoms with Gasteiger partial charge in [-0.05, 0) is 63.4 Å². The zero-order valence-corrected chi connectivity index (χ0v) is 19.2. The molecule has 0 bridgehead atoms. The summed E-state index contributed by atoms with van der Waals surface area (Å²) in [6, 6.07) is 7.85. The summed E-state index contributed by atoms with van der Waals surface area (Å²) < 4.78 is 11.2. The van der Waals surface area contributed by atoms with E-state index in [1.165, 1.54) is 5.56 Å². The molecule has 2 heterocycles. The predicted octanol–water partition coefficient (Wildman–Crippen LogP) is 3.93. The third-order valence-electron chi connectivity index (χ3n) is 4.07. The Balaban J connectivity index is 0. The molecule has 0 aromatic heterocycles. The molecular formula is C23H38FN3O4. The van der Waals surface area contributed by atoms with Crippen molar-refractivity contribution in [3.63, 3.8) is 0 Å². The van der Waals surface area contributed by atoms with E-state index < -0.39 is 5.85 Å². The molecule has 3 N–H and O–H groups in total. The standard InChI is InChI=1S/C15H19N3O2.C3H7FO.C2H6.C2H4.CH2O/c19-14-7-10-18(15(20)17-14)13-3-1-11(2-4-13)12-5-8-16-9-6-12;1-3(2,4)5;3*1-2/h1-4,12,16H,5-10H2,(H,17,19,20);5H,1-2H3;1-2H3;1-2H2;1H2. The number of nitrogens with zero attached hydrogens (tertiary/aromatic N) is 1. The van der Waals surface area contributed by atoms with Crippen LogP contribution in [0.1, 0.15) is 58.4 Å². The van der Waals surface area contributed by atoms with Crippen molar-refractivity contribution in [2.45, 2.75) is 58.7 Å². The van der Waals surface area contributed by atoms with E-state index in [4.69, 9.17) is 9.90 Å². The number of anilines is 1. The molecule has 7 nitrogen and oxygen atoms in total. The third kappa shape index (κ3) is 13.4. The fraction of sp³-hybridized carbons (Fsp3) is 0.522. The Labute approximate surface area is 185 Å². The Hall–Kier alpha value is -2.58. The number of amides is 3. The van der Waals surface area contributed by atoms with E-state index in [9.17, 15) is 14.0 Å². The first-order valence-electron chi connectivity index (χ1n) is 10.4. The monoisotopic (exact) mass is 439 g/mol. The minimum absolute atomic E-state index is 0.197. The number of nitrogens with one attached hydrogen (secondary N) is 2. The summed E-state index contributed by atoms with van der Waals surface area (Å²) in [5, 5.41) is 13.6. The second-order valence-electron chi connectivity index (χ2n) is 6.78. The lowest BCUT2D eigenvalue weighted by atomic mass is 9.90. The van der Waals surface area contributed by atoms with Crippen molar-refractivity contribution in [3.8, 4) is 0 Å². The maximum absolute atomic E-state index is 11.8. The van der Waals surface area contributed by atoms with Crippen molar-refractivity contribution in [1.29, 1.82) is 0 Å². The van der Waals surface area contributed by atoms with Crippen molar-refractivity contribution in [3.05, 3.63) is 43.0 Å². The largest absolute Gasteiger partial charge is 0.362 e. The molecule has 31 heavy (non-hydrogen) atoms. The Morgan fingerprint density at radius 1 is 1.06 bits per heavy atom. The molecule has 176 valence electrons. The first-order valence-corrected chi connectivity index (χ1v) is 10.4. The zero-order chi connectivity index (χ0) is 24.4. The summed E-state index contributed by atoms with van der Waals surface area (Å²) in [6.07, 6.45) is 2.69. The van der Waals surface area contributed by atoms with E-state index in [0.29, 0.717) is 18.9 Å². The fourth-order valence-corrected chi connectivity index (χ4v) is 2.89. The van der Waals surface area contributed by atoms with Crippen LogP contribution in [-0.4, -0.2) is 49.3 Å². The van der Waals surface area contributed by atoms with Crippen LogP contribution in [0.4, 0.5) is 14.9 Å². The van der Waals surface area contributed by atoms with Crippen LogP contribution < -0.4 is 15.5 Å². The SMILES string of the molecule is C=C.C=O.CC.CC(C)(O)F.O=C1CCN(c2ccc(C3CCNCC3)cc2)C(=O)N1. The number of imide groups is 1. The lowest BCUT2D eigenvalue weighted by molar-refractivity contribution is -0.120. The molecule has 0 radical (unpaired) electrons. The van der Waals surface area contributed by atoms with Crippen molar-refractivity contribution in [1.82, 2.24) is 10.6 Å². The van der Waals surface area contributed by atoms with Gasteiger partial charge in [-0.1, -0.05) is 26.0 Å². The number of carbonyl (C=O) groups is 3. The van der Waals surface area contributed by atoms with Crippen molar-refractivity contribution >= 4 is 24.4 Å². The van der Waals surface area contributed by atoms with Crippen molar-refractivity contribution < 1.29 is 23.9 Å². The molecule has 1 aromatic carbocycles. The molecule has 2 fully saturated rings. The van der Waals surface area contributed by atoms with E-state index in [1.807, 2.05) is 32.8 Å². The molecule has 0 spiro atoms. The highest BCUT2D eigenvalue weighted by Crippen LogP contribution is 2.27. The normalized spacial score (nSPS) is 15.9. The summed E-state index contributed by atoms with van der Waals surface area (Å²) in [4.78, 5) is 32.5. The van der Waals surface area contributed by atoms with E-state index in [-0.39, 0.29) is 11.9 Å². The first-order chi connectivity index (χ1) is 14.7. The van der Waals surface area contributed by atoms with Gasteiger partial charge in [-0.15, -0.1) is 13.2 Å². The van der Waals surface area contributed by atoms with Crippen molar-refractivity contribution in [2.24, 2.45) is 0 Å². The Morgan fingerprint density at radius 3 is 1.94 bits per heavy atom. The molecule has 8 heteroatoms. The summed E-state index contributed by atoms with van der Waals surface area (Å²) in [5.41, 5.74) is 2.19. The molecular weight excluding hydrogens is 401 g/mol. The number of alkyl halides is 1. The second kappa shape index (κ2) is 17.1. The number of aliphatic hydroxyl groups is 1. The molecule has 2 aliphatic heterocycles. The molecule has 0 aliphatic carbocycles. The number of benzene rings is 1. The number of halogens is 1. The lowest BCUT2D eigenvalue weighted by Crippen LogP contribution is -2.49. The van der Waals surface area contributed by atoms with E-state index in [0.717, 1.165) is 45.5 Å². The Kier molecular flexibility index (Phi) is 16.9. The lowest BCUT2D eigenvalue weighted by Gasteiger charge is -2.27. The van der Waals surface area contributed by atoms with Gasteiger partial charge in [0.1, 0.15) is 6.79 Å². The van der Waals surface area contributed by atoms with Gasteiger partial charge in [-0.25, -0.2) is 9.18 Å². The molecule has 1 aromatic rings. The van der Waals surface area contributed by atoms with E-state index >= 15 is 0 Å². The van der Waals surface area contributed by atoms with Gasteiger partial charge in [0, 0.05) is 18.7 Å². The molecule has 2 aliphatic rings. The minimum Gasteiger partial charge on any atom is -0.362 e. The number of rotatable bonds is 2. The molecule has 0 unspecified atom stereocenters. The molecule has 2 saturated heterocycles. The number of hydrogen-bond acceptors (Lipinski definition) is 5. The summed E-state index contributed by atoms with van der Waals surface area (Å²) in [7, 11) is 0. The minimum atomic E-state index is -2.00.